The first-order valence-electron chi connectivity index (χ1n) is 11.8. The van der Waals surface area contributed by atoms with E-state index in [1.165, 1.54) is 77.0 Å². The number of carbonyl (C=O) groups excluding carboxylic acids is 1. The van der Waals surface area contributed by atoms with Gasteiger partial charge in [-0.25, -0.2) is 4.39 Å². The quantitative estimate of drug-likeness (QED) is 0.354. The number of nitrogens with one attached hydrogen (secondary N) is 1. The summed E-state index contributed by atoms with van der Waals surface area (Å²) in [6, 6.07) is 5.29. The Morgan fingerprint density at radius 1 is 1.07 bits per heavy atom. The standard InChI is InChI=1S/C26H38FNO/c1-3-5-6-7-19-8-10-20(11-9-19)21-12-14-22(15-13-21)23-16-17-25(24(27)18-23)28-26(29)4-2/h4,16-22H,2-3,5-15H2,1H3,(H,28,29). The number of hydrogen-bond donors (Lipinski definition) is 1. The zero-order valence-corrected chi connectivity index (χ0v) is 18.1. The van der Waals surface area contributed by atoms with Gasteiger partial charge in [0.2, 0.25) is 5.91 Å². The lowest BCUT2D eigenvalue weighted by Gasteiger charge is -2.38. The van der Waals surface area contributed by atoms with E-state index in [9.17, 15) is 9.18 Å². The van der Waals surface area contributed by atoms with Gasteiger partial charge in [-0.15, -0.1) is 0 Å². The molecule has 2 fully saturated rings. The third kappa shape index (κ3) is 6.17. The SMILES string of the molecule is C=CC(=O)Nc1ccc(C2CCC(C3CCC(CCCCC)CC3)CC2)cc1F. The number of hydrogen-bond acceptors (Lipinski definition) is 1. The Kier molecular flexibility index (Phi) is 8.32. The van der Waals surface area contributed by atoms with Gasteiger partial charge in [-0.2, -0.15) is 0 Å². The van der Waals surface area contributed by atoms with Gasteiger partial charge in [-0.05, 0) is 86.0 Å². The molecule has 0 heterocycles. The van der Waals surface area contributed by atoms with Crippen LogP contribution in [0.1, 0.15) is 95.5 Å². The summed E-state index contributed by atoms with van der Waals surface area (Å²) in [5, 5.41) is 2.53. The smallest absolute Gasteiger partial charge is 0.247 e. The molecule has 3 heteroatoms. The molecular weight excluding hydrogens is 361 g/mol. The van der Waals surface area contributed by atoms with Crippen molar-refractivity contribution in [2.24, 2.45) is 17.8 Å². The van der Waals surface area contributed by atoms with E-state index in [0.29, 0.717) is 5.92 Å². The molecule has 1 aromatic rings. The lowest BCUT2D eigenvalue weighted by molar-refractivity contribution is -0.111. The first-order chi connectivity index (χ1) is 14.1. The van der Waals surface area contributed by atoms with Gasteiger partial charge in [0.1, 0.15) is 5.82 Å². The Balaban J connectivity index is 1.45. The van der Waals surface area contributed by atoms with Gasteiger partial charge in [0.25, 0.3) is 0 Å². The number of amides is 1. The van der Waals surface area contributed by atoms with Crippen LogP contribution in [0.25, 0.3) is 0 Å². The molecule has 0 spiro atoms. The summed E-state index contributed by atoms with van der Waals surface area (Å²) in [6.45, 7) is 5.70. The molecule has 0 saturated heterocycles. The Morgan fingerprint density at radius 3 is 2.31 bits per heavy atom. The Labute approximate surface area is 176 Å². The van der Waals surface area contributed by atoms with E-state index >= 15 is 0 Å². The van der Waals surface area contributed by atoms with E-state index in [2.05, 4.69) is 18.8 Å². The second-order valence-corrected chi connectivity index (χ2v) is 9.32. The molecule has 2 saturated carbocycles. The van der Waals surface area contributed by atoms with Crippen molar-refractivity contribution in [2.45, 2.75) is 89.9 Å². The molecule has 2 aliphatic carbocycles. The van der Waals surface area contributed by atoms with E-state index in [0.717, 1.165) is 29.4 Å². The van der Waals surface area contributed by atoms with E-state index in [4.69, 9.17) is 0 Å². The van der Waals surface area contributed by atoms with Crippen molar-refractivity contribution in [3.8, 4) is 0 Å². The summed E-state index contributed by atoms with van der Waals surface area (Å²) in [4.78, 5) is 11.4. The van der Waals surface area contributed by atoms with E-state index in [1.807, 2.05) is 6.07 Å². The third-order valence-corrected chi connectivity index (χ3v) is 7.45. The minimum Gasteiger partial charge on any atom is -0.320 e. The molecule has 3 rings (SSSR count). The minimum atomic E-state index is -0.378. The average molecular weight is 400 g/mol. The Bertz CT molecular complexity index is 669. The van der Waals surface area contributed by atoms with Gasteiger partial charge in [0.05, 0.1) is 5.69 Å². The van der Waals surface area contributed by atoms with Crippen molar-refractivity contribution in [3.63, 3.8) is 0 Å². The Morgan fingerprint density at radius 2 is 1.72 bits per heavy atom. The maximum Gasteiger partial charge on any atom is 0.247 e. The highest BCUT2D eigenvalue weighted by Gasteiger charge is 2.31. The third-order valence-electron chi connectivity index (χ3n) is 7.45. The van der Waals surface area contributed by atoms with Crippen molar-refractivity contribution in [1.82, 2.24) is 0 Å². The van der Waals surface area contributed by atoms with Crippen molar-refractivity contribution in [1.29, 1.82) is 0 Å². The fourth-order valence-corrected chi connectivity index (χ4v) is 5.63. The highest BCUT2D eigenvalue weighted by Crippen LogP contribution is 2.44. The maximum absolute atomic E-state index is 14.4. The lowest BCUT2D eigenvalue weighted by Crippen LogP contribution is -2.25. The second-order valence-electron chi connectivity index (χ2n) is 9.32. The van der Waals surface area contributed by atoms with Crippen LogP contribution in [-0.2, 0) is 4.79 Å². The van der Waals surface area contributed by atoms with Crippen LogP contribution in [0.3, 0.4) is 0 Å². The van der Waals surface area contributed by atoms with Crippen LogP contribution < -0.4 is 5.32 Å². The van der Waals surface area contributed by atoms with Gasteiger partial charge in [0.15, 0.2) is 0 Å². The molecule has 0 aromatic heterocycles. The van der Waals surface area contributed by atoms with Gasteiger partial charge in [-0.3, -0.25) is 4.79 Å². The first kappa shape index (κ1) is 22.1. The highest BCUT2D eigenvalue weighted by atomic mass is 19.1. The summed E-state index contributed by atoms with van der Waals surface area (Å²) in [7, 11) is 0. The number of halogens is 1. The monoisotopic (exact) mass is 399 g/mol. The molecule has 29 heavy (non-hydrogen) atoms. The number of rotatable bonds is 8. The molecule has 1 N–H and O–H groups in total. The molecular formula is C26H38FNO. The molecule has 2 nitrogen and oxygen atoms in total. The minimum absolute atomic E-state index is 0.239. The zero-order chi connectivity index (χ0) is 20.6. The summed E-state index contributed by atoms with van der Waals surface area (Å²) >= 11 is 0. The van der Waals surface area contributed by atoms with Crippen molar-refractivity contribution in [2.75, 3.05) is 5.32 Å². The van der Waals surface area contributed by atoms with Gasteiger partial charge in [-0.1, -0.05) is 58.1 Å². The second kappa shape index (κ2) is 10.9. The largest absolute Gasteiger partial charge is 0.320 e. The van der Waals surface area contributed by atoms with Crippen LogP contribution >= 0.6 is 0 Å². The fraction of sp³-hybridized carbons (Fsp3) is 0.654. The van der Waals surface area contributed by atoms with Gasteiger partial charge >= 0.3 is 0 Å². The molecule has 0 unspecified atom stereocenters. The molecule has 0 aliphatic heterocycles. The van der Waals surface area contributed by atoms with Crippen LogP contribution in [-0.4, -0.2) is 5.91 Å². The average Bonchev–Trinajstić information content (AvgIpc) is 2.76. The molecule has 2 aliphatic rings. The maximum atomic E-state index is 14.4. The molecule has 0 bridgehead atoms. The number of anilines is 1. The summed E-state index contributed by atoms with van der Waals surface area (Å²) in [5.41, 5.74) is 1.32. The lowest BCUT2D eigenvalue weighted by atomic mass is 9.68. The van der Waals surface area contributed by atoms with Crippen LogP contribution in [0.2, 0.25) is 0 Å². The summed E-state index contributed by atoms with van der Waals surface area (Å²) in [6.07, 6.45) is 17.4. The molecule has 0 radical (unpaired) electrons. The Hall–Kier alpha value is -1.64. The number of unbranched alkanes of at least 4 members (excludes halogenated alkanes) is 2. The summed E-state index contributed by atoms with van der Waals surface area (Å²) in [5.74, 6) is 2.51. The van der Waals surface area contributed by atoms with Crippen molar-refractivity contribution >= 4 is 11.6 Å². The fourth-order valence-electron chi connectivity index (χ4n) is 5.63. The molecule has 160 valence electrons. The number of carbonyl (C=O) groups is 1. The van der Waals surface area contributed by atoms with Gasteiger partial charge in [0, 0.05) is 0 Å². The van der Waals surface area contributed by atoms with Crippen LogP contribution in [0.4, 0.5) is 10.1 Å². The molecule has 0 atom stereocenters. The van der Waals surface area contributed by atoms with Crippen molar-refractivity contribution < 1.29 is 9.18 Å². The summed E-state index contributed by atoms with van der Waals surface area (Å²) < 4.78 is 14.4. The van der Waals surface area contributed by atoms with Crippen molar-refractivity contribution in [3.05, 3.63) is 42.2 Å². The molecule has 1 aromatic carbocycles. The van der Waals surface area contributed by atoms with E-state index in [-0.39, 0.29) is 17.4 Å². The van der Waals surface area contributed by atoms with Crippen LogP contribution in [0.15, 0.2) is 30.9 Å². The van der Waals surface area contributed by atoms with E-state index in [1.54, 1.807) is 12.1 Å². The topological polar surface area (TPSA) is 29.1 Å². The zero-order valence-electron chi connectivity index (χ0n) is 18.1. The highest BCUT2D eigenvalue weighted by molar-refractivity contribution is 5.98. The normalized spacial score (nSPS) is 27.4. The van der Waals surface area contributed by atoms with Crippen LogP contribution in [0, 0.1) is 23.6 Å². The predicted octanol–water partition coefficient (Wildman–Crippen LogP) is 7.61. The van der Waals surface area contributed by atoms with Crippen LogP contribution in [0.5, 0.6) is 0 Å². The predicted molar refractivity (Wildman–Crippen MR) is 120 cm³/mol. The number of benzene rings is 1. The van der Waals surface area contributed by atoms with E-state index < -0.39 is 0 Å². The first-order valence-corrected chi connectivity index (χ1v) is 11.8. The van der Waals surface area contributed by atoms with Gasteiger partial charge < -0.3 is 5.32 Å². The molecule has 1 amide bonds.